The van der Waals surface area contributed by atoms with E-state index >= 15 is 0 Å². The fourth-order valence-corrected chi connectivity index (χ4v) is 2.24. The van der Waals surface area contributed by atoms with Crippen LogP contribution >= 0.6 is 0 Å². The molecule has 1 heterocycles. The lowest BCUT2D eigenvalue weighted by Crippen LogP contribution is -2.58. The average Bonchev–Trinajstić information content (AvgIpc) is 2.31. The Labute approximate surface area is 104 Å². The van der Waals surface area contributed by atoms with E-state index < -0.39 is 5.60 Å². The summed E-state index contributed by atoms with van der Waals surface area (Å²) in [4.78, 5) is 12.2. The second-order valence-corrected chi connectivity index (χ2v) is 5.30. The molecule has 0 spiro atoms. The third kappa shape index (κ3) is 3.42. The summed E-state index contributed by atoms with van der Waals surface area (Å²) in [5, 5.41) is 6.57. The van der Waals surface area contributed by atoms with Crippen LogP contribution in [0.3, 0.4) is 0 Å². The summed E-state index contributed by atoms with van der Waals surface area (Å²) in [7, 11) is 1.59. The van der Waals surface area contributed by atoms with Crippen molar-refractivity contribution in [1.29, 1.82) is 0 Å². The van der Waals surface area contributed by atoms with E-state index in [0.29, 0.717) is 18.5 Å². The van der Waals surface area contributed by atoms with Gasteiger partial charge in [-0.15, -0.1) is 0 Å². The van der Waals surface area contributed by atoms with E-state index in [9.17, 15) is 4.79 Å². The molecule has 1 aliphatic heterocycles. The first-order chi connectivity index (χ1) is 7.92. The lowest BCUT2D eigenvalue weighted by Gasteiger charge is -2.36. The zero-order valence-electron chi connectivity index (χ0n) is 11.7. The molecule has 100 valence electrons. The maximum Gasteiger partial charge on any atom is 0.252 e. The minimum Gasteiger partial charge on any atom is -0.369 e. The summed E-state index contributed by atoms with van der Waals surface area (Å²) >= 11 is 0. The number of methoxy groups -OCH3 is 1. The van der Waals surface area contributed by atoms with E-state index in [1.165, 1.54) is 0 Å². The summed E-state index contributed by atoms with van der Waals surface area (Å²) in [6, 6.07) is 1.07. The predicted molar refractivity (Wildman–Crippen MR) is 68.9 cm³/mol. The average molecular weight is 242 g/mol. The second-order valence-electron chi connectivity index (χ2n) is 5.30. The zero-order chi connectivity index (χ0) is 13.1. The van der Waals surface area contributed by atoms with Gasteiger partial charge in [-0.25, -0.2) is 0 Å². The largest absolute Gasteiger partial charge is 0.369 e. The molecule has 1 saturated heterocycles. The Morgan fingerprint density at radius 1 is 1.47 bits per heavy atom. The van der Waals surface area contributed by atoms with Crippen LogP contribution in [-0.4, -0.2) is 36.7 Å². The quantitative estimate of drug-likeness (QED) is 0.784. The van der Waals surface area contributed by atoms with Crippen molar-refractivity contribution in [2.24, 2.45) is 0 Å². The van der Waals surface area contributed by atoms with E-state index in [0.717, 1.165) is 12.8 Å². The highest BCUT2D eigenvalue weighted by Gasteiger charge is 2.34. The SMILES string of the molecule is CCC(C)(OC)C(=O)NC1CCC(C)NC1C. The van der Waals surface area contributed by atoms with Crippen LogP contribution in [0.1, 0.15) is 47.0 Å². The fraction of sp³-hybridized carbons (Fsp3) is 0.923. The Kier molecular flexibility index (Phi) is 4.95. The molecule has 1 amide bonds. The highest BCUT2D eigenvalue weighted by atomic mass is 16.5. The molecule has 0 aromatic rings. The van der Waals surface area contributed by atoms with Gasteiger partial charge in [0.05, 0.1) is 0 Å². The summed E-state index contributed by atoms with van der Waals surface area (Å²) in [6.07, 6.45) is 2.82. The molecule has 1 aliphatic rings. The summed E-state index contributed by atoms with van der Waals surface area (Å²) in [5.41, 5.74) is -0.706. The van der Waals surface area contributed by atoms with Crippen molar-refractivity contribution in [3.8, 4) is 0 Å². The maximum atomic E-state index is 12.2. The van der Waals surface area contributed by atoms with Gasteiger partial charge in [-0.1, -0.05) is 6.92 Å². The first-order valence-corrected chi connectivity index (χ1v) is 6.55. The van der Waals surface area contributed by atoms with Crippen molar-refractivity contribution in [3.05, 3.63) is 0 Å². The molecule has 0 saturated carbocycles. The highest BCUT2D eigenvalue weighted by Crippen LogP contribution is 2.18. The Morgan fingerprint density at radius 2 is 2.12 bits per heavy atom. The van der Waals surface area contributed by atoms with Crippen LogP contribution in [0.5, 0.6) is 0 Å². The van der Waals surface area contributed by atoms with Crippen LogP contribution in [0.25, 0.3) is 0 Å². The Hall–Kier alpha value is -0.610. The van der Waals surface area contributed by atoms with E-state index in [4.69, 9.17) is 4.74 Å². The van der Waals surface area contributed by atoms with Crippen molar-refractivity contribution in [2.45, 2.75) is 70.7 Å². The van der Waals surface area contributed by atoms with Crippen molar-refractivity contribution >= 4 is 5.91 Å². The van der Waals surface area contributed by atoms with Crippen molar-refractivity contribution in [1.82, 2.24) is 10.6 Å². The minimum absolute atomic E-state index is 0.00398. The van der Waals surface area contributed by atoms with E-state index in [2.05, 4.69) is 24.5 Å². The normalized spacial score (nSPS) is 32.9. The smallest absolute Gasteiger partial charge is 0.252 e. The second kappa shape index (κ2) is 5.83. The van der Waals surface area contributed by atoms with Gasteiger partial charge in [-0.2, -0.15) is 0 Å². The van der Waals surface area contributed by atoms with Gasteiger partial charge in [0.25, 0.3) is 5.91 Å². The summed E-state index contributed by atoms with van der Waals surface area (Å²) in [5.74, 6) is -0.00398. The van der Waals surface area contributed by atoms with Crippen molar-refractivity contribution < 1.29 is 9.53 Å². The van der Waals surface area contributed by atoms with Gasteiger partial charge >= 0.3 is 0 Å². The first kappa shape index (κ1) is 14.5. The number of rotatable bonds is 4. The number of hydrogen-bond acceptors (Lipinski definition) is 3. The Bertz CT molecular complexity index is 264. The van der Waals surface area contributed by atoms with Crippen LogP contribution in [0.4, 0.5) is 0 Å². The minimum atomic E-state index is -0.706. The molecule has 4 heteroatoms. The molecule has 1 fully saturated rings. The van der Waals surface area contributed by atoms with E-state index in [1.54, 1.807) is 7.11 Å². The van der Waals surface area contributed by atoms with Crippen LogP contribution < -0.4 is 10.6 Å². The molecule has 4 unspecified atom stereocenters. The van der Waals surface area contributed by atoms with Crippen LogP contribution in [0.2, 0.25) is 0 Å². The molecule has 0 bridgehead atoms. The summed E-state index contributed by atoms with van der Waals surface area (Å²) < 4.78 is 5.31. The van der Waals surface area contributed by atoms with Crippen molar-refractivity contribution in [2.75, 3.05) is 7.11 Å². The number of amides is 1. The van der Waals surface area contributed by atoms with Gasteiger partial charge in [-0.05, 0) is 40.0 Å². The molecular formula is C13H26N2O2. The molecule has 1 rings (SSSR count). The third-order valence-electron chi connectivity index (χ3n) is 3.98. The molecule has 4 nitrogen and oxygen atoms in total. The molecule has 0 aromatic carbocycles. The topological polar surface area (TPSA) is 50.4 Å². The lowest BCUT2D eigenvalue weighted by molar-refractivity contribution is -0.143. The standard InChI is InChI=1S/C13H26N2O2/c1-6-13(4,17-5)12(16)15-11-8-7-9(2)14-10(11)3/h9-11,14H,6-8H2,1-5H3,(H,15,16). The number of carbonyl (C=O) groups is 1. The van der Waals surface area contributed by atoms with Gasteiger partial charge < -0.3 is 15.4 Å². The van der Waals surface area contributed by atoms with E-state index in [-0.39, 0.29) is 11.9 Å². The zero-order valence-corrected chi connectivity index (χ0v) is 11.7. The van der Waals surface area contributed by atoms with Crippen molar-refractivity contribution in [3.63, 3.8) is 0 Å². The van der Waals surface area contributed by atoms with Crippen LogP contribution in [-0.2, 0) is 9.53 Å². The Morgan fingerprint density at radius 3 is 2.59 bits per heavy atom. The van der Waals surface area contributed by atoms with Gasteiger partial charge in [0.2, 0.25) is 0 Å². The molecular weight excluding hydrogens is 216 g/mol. The molecule has 0 aromatic heterocycles. The monoisotopic (exact) mass is 242 g/mol. The molecule has 17 heavy (non-hydrogen) atoms. The number of nitrogens with one attached hydrogen (secondary N) is 2. The van der Waals surface area contributed by atoms with Gasteiger partial charge in [0, 0.05) is 25.2 Å². The molecule has 4 atom stereocenters. The number of carbonyl (C=O) groups excluding carboxylic acids is 1. The Balaban J connectivity index is 2.56. The fourth-order valence-electron chi connectivity index (χ4n) is 2.24. The van der Waals surface area contributed by atoms with Crippen LogP contribution in [0, 0.1) is 0 Å². The first-order valence-electron chi connectivity index (χ1n) is 6.55. The van der Waals surface area contributed by atoms with Gasteiger partial charge in [0.1, 0.15) is 5.60 Å². The number of ether oxygens (including phenoxy) is 1. The molecule has 2 N–H and O–H groups in total. The van der Waals surface area contributed by atoms with E-state index in [1.807, 2.05) is 13.8 Å². The maximum absolute atomic E-state index is 12.2. The molecule has 0 aliphatic carbocycles. The van der Waals surface area contributed by atoms with Gasteiger partial charge in [0.15, 0.2) is 0 Å². The predicted octanol–water partition coefficient (Wildman–Crippen LogP) is 1.45. The highest BCUT2D eigenvalue weighted by molar-refractivity contribution is 5.85. The van der Waals surface area contributed by atoms with Gasteiger partial charge in [-0.3, -0.25) is 4.79 Å². The number of hydrogen-bond donors (Lipinski definition) is 2. The molecule has 0 radical (unpaired) electrons. The third-order valence-corrected chi connectivity index (χ3v) is 3.98. The lowest BCUT2D eigenvalue weighted by atomic mass is 9.93. The summed E-state index contributed by atoms with van der Waals surface area (Å²) in [6.45, 7) is 8.11. The number of piperidine rings is 1. The van der Waals surface area contributed by atoms with Crippen LogP contribution in [0.15, 0.2) is 0 Å².